The summed E-state index contributed by atoms with van der Waals surface area (Å²) in [6.07, 6.45) is 2.55. The second-order valence-corrected chi connectivity index (χ2v) is 15.1. The molecular formula is C34H48N6O3S. The van der Waals surface area contributed by atoms with Crippen molar-refractivity contribution in [1.82, 2.24) is 24.3 Å². The molecular weight excluding hydrogens is 572 g/mol. The number of anilines is 1. The number of imidazole rings is 1. The molecule has 2 amide bonds. The van der Waals surface area contributed by atoms with Crippen LogP contribution in [-0.4, -0.2) is 94.2 Å². The molecule has 6 rings (SSSR count). The van der Waals surface area contributed by atoms with Gasteiger partial charge in [0.1, 0.15) is 5.37 Å². The first-order chi connectivity index (χ1) is 21.1. The van der Waals surface area contributed by atoms with Crippen molar-refractivity contribution >= 4 is 40.3 Å². The number of piperidine rings is 1. The fraction of sp³-hybridized carbons (Fsp3) is 0.559. The van der Waals surface area contributed by atoms with Crippen LogP contribution in [0, 0.1) is 5.41 Å². The standard InChI is InChI=1S/C34H46N6O3S.H2/c1-34(2,3)15-18-39-31(42)29(44-32(39)25-9-5-7-11-27(25)37-21-19-36(4)20-22-37)23-30(41)38-16-13-24(14-17-38)40-28-12-8-6-10-26(28)35-33(40)43;/h5-12,24,29,32H,13-23H2,1-4H3,(H,35,43);1H/t29?,32-;/m1./s1. The highest BCUT2D eigenvalue weighted by Crippen LogP contribution is 2.48. The van der Waals surface area contributed by atoms with Gasteiger partial charge in [0.15, 0.2) is 0 Å². The number of carbonyl (C=O) groups is 2. The molecule has 3 saturated heterocycles. The van der Waals surface area contributed by atoms with E-state index in [9.17, 15) is 14.4 Å². The number of piperazine rings is 1. The van der Waals surface area contributed by atoms with Gasteiger partial charge in [0.25, 0.3) is 0 Å². The van der Waals surface area contributed by atoms with Gasteiger partial charge >= 0.3 is 5.69 Å². The minimum Gasteiger partial charge on any atom is -0.369 e. The van der Waals surface area contributed by atoms with Crippen LogP contribution in [0.4, 0.5) is 5.69 Å². The lowest BCUT2D eigenvalue weighted by molar-refractivity contribution is -0.136. The Morgan fingerprint density at radius 1 is 0.955 bits per heavy atom. The number of nitrogens with one attached hydrogen (secondary N) is 1. The first kappa shape index (κ1) is 30.8. The molecule has 1 aromatic heterocycles. The fourth-order valence-electron chi connectivity index (χ4n) is 6.78. The van der Waals surface area contributed by atoms with Crippen LogP contribution in [0.5, 0.6) is 0 Å². The van der Waals surface area contributed by atoms with Gasteiger partial charge in [0.05, 0.1) is 16.3 Å². The third kappa shape index (κ3) is 6.42. The van der Waals surface area contributed by atoms with Gasteiger partial charge in [0.2, 0.25) is 11.8 Å². The van der Waals surface area contributed by atoms with Gasteiger partial charge in [-0.2, -0.15) is 0 Å². The Labute approximate surface area is 266 Å². The molecule has 0 saturated carbocycles. The van der Waals surface area contributed by atoms with Crippen LogP contribution in [0.3, 0.4) is 0 Å². The second kappa shape index (κ2) is 12.6. The molecule has 2 atom stereocenters. The van der Waals surface area contributed by atoms with Gasteiger partial charge in [-0.3, -0.25) is 14.2 Å². The van der Waals surface area contributed by atoms with Crippen molar-refractivity contribution in [2.45, 2.75) is 63.1 Å². The Hall–Kier alpha value is -3.24. The van der Waals surface area contributed by atoms with Crippen LogP contribution in [-0.2, 0) is 9.59 Å². The lowest BCUT2D eigenvalue weighted by atomic mass is 9.92. The summed E-state index contributed by atoms with van der Waals surface area (Å²) in [5.41, 5.74) is 4.12. The topological polar surface area (TPSA) is 84.9 Å². The molecule has 1 unspecified atom stereocenters. The fourth-order valence-corrected chi connectivity index (χ4v) is 8.28. The Bertz CT molecular complexity index is 1550. The number of fused-ring (bicyclic) bond motifs is 1. The molecule has 3 aliphatic rings. The Balaban J connectivity index is 0.00000400. The minimum absolute atomic E-state index is 0. The molecule has 3 aromatic rings. The molecule has 0 aliphatic carbocycles. The van der Waals surface area contributed by atoms with Crippen molar-refractivity contribution < 1.29 is 11.0 Å². The average Bonchev–Trinajstić information content (AvgIpc) is 3.51. The molecule has 44 heavy (non-hydrogen) atoms. The Morgan fingerprint density at radius 3 is 2.36 bits per heavy atom. The highest BCUT2D eigenvalue weighted by atomic mass is 32.2. The number of likely N-dealkylation sites (tertiary alicyclic amines) is 1. The van der Waals surface area contributed by atoms with E-state index < -0.39 is 5.25 Å². The zero-order valence-electron chi connectivity index (χ0n) is 26.5. The highest BCUT2D eigenvalue weighted by Gasteiger charge is 2.44. The summed E-state index contributed by atoms with van der Waals surface area (Å²) in [6, 6.07) is 16.3. The first-order valence-corrected chi connectivity index (χ1v) is 17.0. The Morgan fingerprint density at radius 2 is 1.64 bits per heavy atom. The largest absolute Gasteiger partial charge is 0.369 e. The van der Waals surface area contributed by atoms with Crippen molar-refractivity contribution in [3.8, 4) is 0 Å². The third-order valence-electron chi connectivity index (χ3n) is 9.45. The molecule has 1 N–H and O–H groups in total. The lowest BCUT2D eigenvalue weighted by Crippen LogP contribution is -2.45. The number of hydrogen-bond donors (Lipinski definition) is 1. The van der Waals surface area contributed by atoms with Gasteiger partial charge < -0.3 is 24.6 Å². The second-order valence-electron chi connectivity index (χ2n) is 13.8. The van der Waals surface area contributed by atoms with Crippen LogP contribution in [0.2, 0.25) is 0 Å². The number of carbonyl (C=O) groups excluding carboxylic acids is 2. The summed E-state index contributed by atoms with van der Waals surface area (Å²) in [5.74, 6) is 0.107. The number of para-hydroxylation sites is 3. The van der Waals surface area contributed by atoms with Crippen molar-refractivity contribution in [3.63, 3.8) is 0 Å². The van der Waals surface area contributed by atoms with Gasteiger partial charge in [-0.25, -0.2) is 4.79 Å². The summed E-state index contributed by atoms with van der Waals surface area (Å²) in [4.78, 5) is 52.1. The summed E-state index contributed by atoms with van der Waals surface area (Å²) in [5, 5.41) is -0.514. The van der Waals surface area contributed by atoms with E-state index in [1.54, 1.807) is 11.8 Å². The van der Waals surface area contributed by atoms with E-state index in [2.05, 4.69) is 66.9 Å². The van der Waals surface area contributed by atoms with Gasteiger partial charge in [-0.1, -0.05) is 51.1 Å². The predicted octanol–water partition coefficient (Wildman–Crippen LogP) is 4.96. The molecule has 0 bridgehead atoms. The van der Waals surface area contributed by atoms with E-state index in [1.807, 2.05) is 38.6 Å². The maximum absolute atomic E-state index is 14.0. The van der Waals surface area contributed by atoms with Crippen molar-refractivity contribution in [2.75, 3.05) is 57.8 Å². The number of rotatable bonds is 7. The predicted molar refractivity (Wildman–Crippen MR) is 180 cm³/mol. The van der Waals surface area contributed by atoms with E-state index in [1.165, 1.54) is 11.3 Å². The van der Waals surface area contributed by atoms with Gasteiger partial charge in [-0.15, -0.1) is 11.8 Å². The van der Waals surface area contributed by atoms with Crippen molar-refractivity contribution in [2.24, 2.45) is 5.41 Å². The summed E-state index contributed by atoms with van der Waals surface area (Å²) in [7, 11) is 2.16. The smallest absolute Gasteiger partial charge is 0.326 e. The molecule has 0 radical (unpaired) electrons. The first-order valence-electron chi connectivity index (χ1n) is 16.0. The van der Waals surface area contributed by atoms with Crippen molar-refractivity contribution in [3.05, 3.63) is 64.6 Å². The van der Waals surface area contributed by atoms with E-state index >= 15 is 0 Å². The number of aromatic amines is 1. The summed E-state index contributed by atoms with van der Waals surface area (Å²) < 4.78 is 1.85. The number of likely N-dealkylation sites (N-methyl/N-ethyl adjacent to an activating group) is 1. The summed E-state index contributed by atoms with van der Waals surface area (Å²) >= 11 is 1.65. The number of nitrogens with zero attached hydrogens (tertiary/aromatic N) is 5. The number of thioether (sulfide) groups is 1. The Kier molecular flexibility index (Phi) is 8.84. The number of amides is 2. The zero-order valence-corrected chi connectivity index (χ0v) is 27.3. The molecule has 3 fully saturated rings. The molecule has 3 aliphatic heterocycles. The molecule has 4 heterocycles. The maximum atomic E-state index is 14.0. The van der Waals surface area contributed by atoms with E-state index in [0.29, 0.717) is 19.6 Å². The molecule has 2 aromatic carbocycles. The maximum Gasteiger partial charge on any atom is 0.326 e. The van der Waals surface area contributed by atoms with Crippen LogP contribution >= 0.6 is 11.8 Å². The van der Waals surface area contributed by atoms with E-state index in [0.717, 1.165) is 56.5 Å². The summed E-state index contributed by atoms with van der Waals surface area (Å²) in [6.45, 7) is 12.4. The van der Waals surface area contributed by atoms with Crippen LogP contribution in [0.25, 0.3) is 11.0 Å². The molecule has 0 spiro atoms. The third-order valence-corrected chi connectivity index (χ3v) is 10.9. The quantitative estimate of drug-likeness (QED) is 0.402. The van der Waals surface area contributed by atoms with E-state index in [4.69, 9.17) is 0 Å². The lowest BCUT2D eigenvalue weighted by Gasteiger charge is -2.37. The van der Waals surface area contributed by atoms with Crippen LogP contribution in [0.1, 0.15) is 64.9 Å². The molecule has 10 heteroatoms. The van der Waals surface area contributed by atoms with Crippen LogP contribution < -0.4 is 10.6 Å². The number of benzene rings is 2. The zero-order chi connectivity index (χ0) is 31.0. The minimum atomic E-state index is -0.401. The number of aromatic nitrogens is 2. The molecule has 9 nitrogen and oxygen atoms in total. The molecule has 238 valence electrons. The average molecular weight is 621 g/mol. The number of H-pyrrole nitrogens is 1. The van der Waals surface area contributed by atoms with Crippen LogP contribution in [0.15, 0.2) is 53.3 Å². The normalized spacial score (nSPS) is 22.4. The van der Waals surface area contributed by atoms with Crippen molar-refractivity contribution in [1.29, 1.82) is 0 Å². The highest BCUT2D eigenvalue weighted by molar-refractivity contribution is 8.01. The van der Waals surface area contributed by atoms with Gasteiger partial charge in [0, 0.05) is 71.0 Å². The SMILES string of the molecule is CN1CCN(c2ccccc2[C@H]2SC(CC(=O)N3CCC(n4c(=O)[nH]c5ccccc54)CC3)C(=O)N2CCC(C)(C)C)CC1.[HH]. The van der Waals surface area contributed by atoms with E-state index in [-0.39, 0.29) is 42.2 Å². The number of hydrogen-bond acceptors (Lipinski definition) is 6. The monoisotopic (exact) mass is 620 g/mol. The van der Waals surface area contributed by atoms with Gasteiger partial charge in [-0.05, 0) is 49.9 Å².